The molecule has 0 bridgehead atoms. The van der Waals surface area contributed by atoms with Gasteiger partial charge in [0.1, 0.15) is 19.1 Å². The zero-order chi connectivity index (χ0) is 35.2. The number of aryl methyl sites for hydroxylation is 2. The average Bonchev–Trinajstić information content (AvgIpc) is 3.06. The summed E-state index contributed by atoms with van der Waals surface area (Å²) in [5.74, 6) is -0.716. The van der Waals surface area contributed by atoms with E-state index in [1.165, 1.54) is 11.1 Å². The number of carbonyl (C=O) groups excluding carboxylic acids is 4. The number of rotatable bonds is 8. The molecule has 0 aliphatic heterocycles. The second-order valence-corrected chi connectivity index (χ2v) is 15.9. The zero-order valence-corrected chi connectivity index (χ0v) is 29.4. The fourth-order valence-corrected chi connectivity index (χ4v) is 10.5. The molecule has 264 valence electrons. The van der Waals surface area contributed by atoms with Crippen molar-refractivity contribution in [3.63, 3.8) is 0 Å². The predicted molar refractivity (Wildman–Crippen MR) is 187 cm³/mol. The van der Waals surface area contributed by atoms with Gasteiger partial charge >= 0.3 is 0 Å². The molecule has 10 heteroatoms. The number of hydrogen-bond donors (Lipinski definition) is 5. The first-order valence-corrected chi connectivity index (χ1v) is 17.9. The van der Waals surface area contributed by atoms with Crippen molar-refractivity contribution in [2.24, 2.45) is 28.4 Å². The molecule has 4 amide bonds. The van der Waals surface area contributed by atoms with Gasteiger partial charge in [-0.05, 0) is 121 Å². The maximum absolute atomic E-state index is 14.4. The second kappa shape index (κ2) is 13.2. The molecule has 0 spiro atoms. The van der Waals surface area contributed by atoms with Gasteiger partial charge in [-0.1, -0.05) is 52.7 Å². The Morgan fingerprint density at radius 2 is 1.35 bits per heavy atom. The van der Waals surface area contributed by atoms with Crippen LogP contribution in [0.15, 0.2) is 36.4 Å². The van der Waals surface area contributed by atoms with Crippen molar-refractivity contribution >= 4 is 29.3 Å². The van der Waals surface area contributed by atoms with Crippen molar-refractivity contribution in [2.75, 3.05) is 25.2 Å². The average molecular weight is 673 g/mol. The van der Waals surface area contributed by atoms with Crippen LogP contribution >= 0.6 is 0 Å². The highest BCUT2D eigenvalue weighted by Gasteiger charge is 2.58. The third kappa shape index (κ3) is 6.16. The molecule has 0 radical (unpaired) electrons. The number of phenolic OH excluding ortho intramolecular Hbond substituents is 1. The second-order valence-electron chi connectivity index (χ2n) is 15.9. The molecule has 3 unspecified atom stereocenters. The van der Waals surface area contributed by atoms with Crippen LogP contribution in [0.25, 0.3) is 0 Å². The number of benzene rings is 2. The lowest BCUT2D eigenvalue weighted by Crippen LogP contribution is -2.60. The van der Waals surface area contributed by atoms with Gasteiger partial charge < -0.3 is 26.2 Å². The van der Waals surface area contributed by atoms with Crippen LogP contribution in [0.4, 0.5) is 5.69 Å². The minimum absolute atomic E-state index is 0.0171. The number of ether oxygens (including phenoxy) is 1. The van der Waals surface area contributed by atoms with Crippen LogP contribution in [-0.4, -0.2) is 48.6 Å². The van der Waals surface area contributed by atoms with Gasteiger partial charge in [0.15, 0.2) is 0 Å². The van der Waals surface area contributed by atoms with E-state index in [0.29, 0.717) is 12.1 Å². The summed E-state index contributed by atoms with van der Waals surface area (Å²) in [5.41, 5.74) is 8.67. The highest BCUT2D eigenvalue weighted by Crippen LogP contribution is 2.59. The van der Waals surface area contributed by atoms with Crippen LogP contribution in [0.2, 0.25) is 0 Å². The first-order chi connectivity index (χ1) is 23.2. The van der Waals surface area contributed by atoms with Crippen LogP contribution < -0.4 is 21.7 Å². The summed E-state index contributed by atoms with van der Waals surface area (Å²) in [6.07, 6.45) is 8.41. The fourth-order valence-electron chi connectivity index (χ4n) is 10.5. The molecular weight excluding hydrogens is 620 g/mol. The lowest BCUT2D eigenvalue weighted by atomic mass is 9.49. The van der Waals surface area contributed by atoms with Gasteiger partial charge in [0.2, 0.25) is 23.6 Å². The number of nitrogens with one attached hydrogen (secondary N) is 3. The fraction of sp³-hybridized carbons (Fsp3) is 0.590. The molecule has 2 fully saturated rings. The van der Waals surface area contributed by atoms with Crippen molar-refractivity contribution in [3.05, 3.63) is 58.7 Å². The summed E-state index contributed by atoms with van der Waals surface area (Å²) in [5, 5.41) is 18.7. The molecule has 49 heavy (non-hydrogen) atoms. The molecule has 6 atom stereocenters. The number of anilines is 1. The highest BCUT2D eigenvalue weighted by molar-refractivity contribution is 6.01. The van der Waals surface area contributed by atoms with E-state index in [1.54, 1.807) is 6.07 Å². The van der Waals surface area contributed by atoms with Crippen LogP contribution in [0.1, 0.15) is 101 Å². The molecule has 4 aliphatic rings. The minimum Gasteiger partial charge on any atom is -0.508 e. The number of amides is 4. The molecule has 0 saturated heterocycles. The van der Waals surface area contributed by atoms with E-state index in [-0.39, 0.29) is 71.9 Å². The molecule has 2 aromatic rings. The standard InChI is InChI=1S/C39H52N4O6/c1-36-15-5-17-38(3,30(36)13-9-24-7-11-26(19-28(24)36)42-33(46)22-49-23-41-32(45)21-40)34(47)43-35(48)39(4)18-6-16-37(2)29-20-27(44)12-8-25(29)10-14-31(37)39/h7-8,11-12,19-20,30-31,44H,5-6,9-10,13-18,21-23,40H2,1-4H3,(H,41,45)(H,42,46)(H,43,47,48)/t30-,31?,36-,37?,38+,39?/m1/s1. The molecule has 0 aromatic heterocycles. The Kier molecular flexibility index (Phi) is 9.43. The third-order valence-electron chi connectivity index (χ3n) is 13.0. The third-order valence-corrected chi connectivity index (χ3v) is 13.0. The highest BCUT2D eigenvalue weighted by atomic mass is 16.5. The summed E-state index contributed by atoms with van der Waals surface area (Å²) < 4.78 is 5.27. The van der Waals surface area contributed by atoms with Crippen LogP contribution in [-0.2, 0) is 47.6 Å². The Hall–Kier alpha value is -3.76. The normalized spacial score (nSPS) is 31.6. The molecule has 10 nitrogen and oxygen atoms in total. The number of imide groups is 1. The summed E-state index contributed by atoms with van der Waals surface area (Å²) in [6.45, 7) is 8.09. The predicted octanol–water partition coefficient (Wildman–Crippen LogP) is 4.74. The van der Waals surface area contributed by atoms with E-state index < -0.39 is 10.8 Å². The van der Waals surface area contributed by atoms with Crippen molar-refractivity contribution < 1.29 is 29.0 Å². The minimum atomic E-state index is -0.735. The van der Waals surface area contributed by atoms with Gasteiger partial charge in [0, 0.05) is 5.69 Å². The maximum Gasteiger partial charge on any atom is 0.250 e. The topological polar surface area (TPSA) is 160 Å². The quantitative estimate of drug-likeness (QED) is 0.154. The van der Waals surface area contributed by atoms with E-state index in [9.17, 15) is 24.3 Å². The summed E-state index contributed by atoms with van der Waals surface area (Å²) in [6, 6.07) is 11.6. The van der Waals surface area contributed by atoms with Crippen LogP contribution in [0.5, 0.6) is 5.75 Å². The summed E-state index contributed by atoms with van der Waals surface area (Å²) >= 11 is 0. The van der Waals surface area contributed by atoms with Gasteiger partial charge in [-0.15, -0.1) is 0 Å². The van der Waals surface area contributed by atoms with Gasteiger partial charge in [-0.25, -0.2) is 0 Å². The summed E-state index contributed by atoms with van der Waals surface area (Å²) in [7, 11) is 0. The van der Waals surface area contributed by atoms with E-state index in [1.807, 2.05) is 38.1 Å². The number of fused-ring (bicyclic) bond motifs is 6. The van der Waals surface area contributed by atoms with E-state index in [0.717, 1.165) is 68.9 Å². The molecule has 6 N–H and O–H groups in total. The Balaban J connectivity index is 1.18. The van der Waals surface area contributed by atoms with Crippen molar-refractivity contribution in [1.82, 2.24) is 10.6 Å². The van der Waals surface area contributed by atoms with Gasteiger partial charge in [0.25, 0.3) is 0 Å². The Bertz CT molecular complexity index is 1660. The van der Waals surface area contributed by atoms with Crippen LogP contribution in [0.3, 0.4) is 0 Å². The van der Waals surface area contributed by atoms with Crippen molar-refractivity contribution in [3.8, 4) is 5.75 Å². The van der Waals surface area contributed by atoms with E-state index in [2.05, 4.69) is 35.9 Å². The first kappa shape index (κ1) is 35.1. The number of carbonyl (C=O) groups is 4. The van der Waals surface area contributed by atoms with Gasteiger partial charge in [-0.3, -0.25) is 24.5 Å². The van der Waals surface area contributed by atoms with Crippen molar-refractivity contribution in [2.45, 2.75) is 103 Å². The molecule has 4 aliphatic carbocycles. The number of hydrogen-bond acceptors (Lipinski definition) is 7. The SMILES string of the molecule is CC1(C(=O)NC(=O)[C@@]2(C)CCC[C@]3(C)c4cc(NC(=O)COCNC(=O)CN)ccc4CC[C@@H]23)CCCC2(C)c3cc(O)ccc3CCC12. The zero-order valence-electron chi connectivity index (χ0n) is 29.4. The van der Waals surface area contributed by atoms with E-state index in [4.69, 9.17) is 10.5 Å². The lowest BCUT2D eigenvalue weighted by molar-refractivity contribution is -0.150. The summed E-state index contributed by atoms with van der Waals surface area (Å²) in [4.78, 5) is 52.7. The molecule has 6 rings (SSSR count). The van der Waals surface area contributed by atoms with Gasteiger partial charge in [0.05, 0.1) is 17.4 Å². The molecular formula is C39H52N4O6. The number of phenols is 1. The van der Waals surface area contributed by atoms with Crippen LogP contribution in [0, 0.1) is 22.7 Å². The monoisotopic (exact) mass is 672 g/mol. The maximum atomic E-state index is 14.4. The Labute approximate surface area is 289 Å². The Morgan fingerprint density at radius 1 is 0.796 bits per heavy atom. The molecule has 0 heterocycles. The Morgan fingerprint density at radius 3 is 1.92 bits per heavy atom. The molecule has 2 saturated carbocycles. The number of nitrogens with two attached hydrogens (primary N) is 1. The van der Waals surface area contributed by atoms with E-state index >= 15 is 0 Å². The van der Waals surface area contributed by atoms with Gasteiger partial charge in [-0.2, -0.15) is 0 Å². The first-order valence-electron chi connectivity index (χ1n) is 17.9. The molecule has 2 aromatic carbocycles. The lowest BCUT2D eigenvalue weighted by Gasteiger charge is -2.56. The largest absolute Gasteiger partial charge is 0.508 e. The number of aromatic hydroxyl groups is 1. The van der Waals surface area contributed by atoms with Crippen molar-refractivity contribution in [1.29, 1.82) is 0 Å². The smallest absolute Gasteiger partial charge is 0.250 e.